The van der Waals surface area contributed by atoms with Crippen molar-refractivity contribution in [2.24, 2.45) is 0 Å². The second-order valence-corrected chi connectivity index (χ2v) is 7.24. The Bertz CT molecular complexity index is 1240. The van der Waals surface area contributed by atoms with Crippen LogP contribution in [0.5, 0.6) is 0 Å². The van der Waals surface area contributed by atoms with Crippen molar-refractivity contribution in [3.8, 4) is 0 Å². The number of unbranched alkanes of at least 4 members (excludes halogenated alkanes) is 2. The summed E-state index contributed by atoms with van der Waals surface area (Å²) in [5, 5.41) is 2.56. The van der Waals surface area contributed by atoms with Gasteiger partial charge in [-0.1, -0.05) is 6.42 Å². The van der Waals surface area contributed by atoms with E-state index in [1.54, 1.807) is 0 Å². The number of nitrogens with one attached hydrogen (secondary N) is 2. The normalized spacial score (nSPS) is 11.2. The number of hydrogen-bond donors (Lipinski definition) is 2. The summed E-state index contributed by atoms with van der Waals surface area (Å²) in [6.07, 6.45) is 6.24. The number of imidazole rings is 1. The van der Waals surface area contributed by atoms with Crippen LogP contribution in [-0.2, 0) is 19.4 Å². The highest BCUT2D eigenvalue weighted by Gasteiger charge is 2.14. The molecule has 1 amide bonds. The topological polar surface area (TPSA) is 96.7 Å². The Morgan fingerprint density at radius 2 is 1.88 bits per heavy atom. The quantitative estimate of drug-likeness (QED) is 0.377. The third-order valence-electron chi connectivity index (χ3n) is 4.93. The van der Waals surface area contributed by atoms with Gasteiger partial charge in [0, 0.05) is 19.0 Å². The number of H-pyrrole nitrogens is 1. The minimum atomic E-state index is -0.945. The second kappa shape index (κ2) is 9.63. The molecule has 0 saturated heterocycles. The van der Waals surface area contributed by atoms with Crippen molar-refractivity contribution in [2.45, 2.75) is 38.6 Å². The van der Waals surface area contributed by atoms with Crippen LogP contribution < -0.4 is 5.32 Å². The van der Waals surface area contributed by atoms with Gasteiger partial charge in [-0.15, -0.1) is 0 Å². The van der Waals surface area contributed by atoms with E-state index in [-0.39, 0.29) is 23.4 Å². The molecule has 0 spiro atoms. The molecule has 0 unspecified atom stereocenters. The van der Waals surface area contributed by atoms with Crippen LogP contribution in [0.4, 0.5) is 13.2 Å². The van der Waals surface area contributed by atoms with Gasteiger partial charge in [0.2, 0.25) is 0 Å². The van der Waals surface area contributed by atoms with Crippen LogP contribution in [0.1, 0.15) is 47.2 Å². The summed E-state index contributed by atoms with van der Waals surface area (Å²) in [6, 6.07) is 5.28. The van der Waals surface area contributed by atoms with Crippen molar-refractivity contribution in [3.63, 3.8) is 0 Å². The third-order valence-corrected chi connectivity index (χ3v) is 4.93. The van der Waals surface area contributed by atoms with Crippen molar-refractivity contribution < 1.29 is 22.4 Å². The maximum atomic E-state index is 13.7. The Kier molecular flexibility index (Phi) is 6.48. The molecule has 3 aromatic heterocycles. The Hall–Kier alpha value is -3.69. The van der Waals surface area contributed by atoms with Gasteiger partial charge in [0.1, 0.15) is 23.4 Å². The van der Waals surface area contributed by atoms with Gasteiger partial charge in [0.05, 0.1) is 17.8 Å². The highest BCUT2D eigenvalue weighted by molar-refractivity contribution is 5.91. The molecule has 0 aliphatic heterocycles. The molecule has 4 aromatic rings. The van der Waals surface area contributed by atoms with Gasteiger partial charge in [-0.25, -0.2) is 23.1 Å². The molecule has 3 heterocycles. The molecule has 10 heteroatoms. The van der Waals surface area contributed by atoms with E-state index in [2.05, 4.69) is 25.3 Å². The first-order valence-corrected chi connectivity index (χ1v) is 10.2. The fourth-order valence-corrected chi connectivity index (χ4v) is 3.27. The van der Waals surface area contributed by atoms with Crippen LogP contribution in [0.25, 0.3) is 11.0 Å². The van der Waals surface area contributed by atoms with Gasteiger partial charge >= 0.3 is 0 Å². The molecule has 32 heavy (non-hydrogen) atoms. The number of aromatic amines is 1. The zero-order valence-corrected chi connectivity index (χ0v) is 17.0. The number of carbonyl (C=O) groups is 1. The summed E-state index contributed by atoms with van der Waals surface area (Å²) in [5.41, 5.74) is 0.737. The SMILES string of the molecule is O=C(NCc1ncccc1F)c1coc(CCCCCc2nc3c(F)c(F)ccc3[nH]2)n1. The van der Waals surface area contributed by atoms with E-state index in [4.69, 9.17) is 4.42 Å². The minimum absolute atomic E-state index is 0.0105. The number of rotatable bonds is 9. The number of hydrogen-bond acceptors (Lipinski definition) is 5. The van der Waals surface area contributed by atoms with Gasteiger partial charge in [-0.2, -0.15) is 0 Å². The minimum Gasteiger partial charge on any atom is -0.448 e. The lowest BCUT2D eigenvalue weighted by atomic mass is 10.1. The number of aromatic nitrogens is 4. The van der Waals surface area contributed by atoms with E-state index in [1.165, 1.54) is 30.7 Å². The summed E-state index contributed by atoms with van der Waals surface area (Å²) < 4.78 is 45.9. The standard InChI is InChI=1S/C22H20F3N5O2/c23-13-5-4-10-26-16(13)11-27-22(31)17-12-32-19(29-17)7-3-1-2-6-18-28-15-9-8-14(24)20(25)21(15)30-18/h4-5,8-10,12H,1-3,6-7,11H2,(H,27,31)(H,28,30). The summed E-state index contributed by atoms with van der Waals surface area (Å²) in [4.78, 5) is 27.3. The van der Waals surface area contributed by atoms with Gasteiger partial charge in [0.25, 0.3) is 5.91 Å². The first kappa shape index (κ1) is 21.5. The Morgan fingerprint density at radius 1 is 1.03 bits per heavy atom. The van der Waals surface area contributed by atoms with E-state index >= 15 is 0 Å². The van der Waals surface area contributed by atoms with Crippen molar-refractivity contribution in [3.05, 3.63) is 77.3 Å². The lowest BCUT2D eigenvalue weighted by Crippen LogP contribution is -2.24. The van der Waals surface area contributed by atoms with Crippen molar-refractivity contribution in [1.29, 1.82) is 0 Å². The van der Waals surface area contributed by atoms with E-state index in [0.717, 1.165) is 25.3 Å². The van der Waals surface area contributed by atoms with Crippen LogP contribution in [0.2, 0.25) is 0 Å². The molecule has 166 valence electrons. The number of aryl methyl sites for hydroxylation is 2. The predicted octanol–water partition coefficient (Wildman–Crippen LogP) is 4.25. The van der Waals surface area contributed by atoms with E-state index in [1.807, 2.05) is 0 Å². The molecule has 4 rings (SSSR count). The molecule has 0 aliphatic rings. The van der Waals surface area contributed by atoms with E-state index in [9.17, 15) is 18.0 Å². The number of halogens is 3. The molecule has 1 aromatic carbocycles. The number of oxazole rings is 1. The van der Waals surface area contributed by atoms with Crippen LogP contribution in [0.3, 0.4) is 0 Å². The first-order valence-electron chi connectivity index (χ1n) is 10.2. The zero-order valence-electron chi connectivity index (χ0n) is 17.0. The van der Waals surface area contributed by atoms with Gasteiger partial charge in [-0.3, -0.25) is 9.78 Å². The molecular formula is C22H20F3N5O2. The summed E-state index contributed by atoms with van der Waals surface area (Å²) in [5.74, 6) is -1.80. The van der Waals surface area contributed by atoms with Crippen molar-refractivity contribution in [2.75, 3.05) is 0 Å². The fraction of sp³-hybridized carbons (Fsp3) is 0.273. The molecule has 0 radical (unpaired) electrons. The average Bonchev–Trinajstić information content (AvgIpc) is 3.43. The zero-order chi connectivity index (χ0) is 22.5. The maximum absolute atomic E-state index is 13.7. The number of nitrogens with zero attached hydrogens (tertiary/aromatic N) is 3. The molecule has 7 nitrogen and oxygen atoms in total. The average molecular weight is 443 g/mol. The highest BCUT2D eigenvalue weighted by Crippen LogP contribution is 2.19. The Morgan fingerprint density at radius 3 is 2.72 bits per heavy atom. The predicted molar refractivity (Wildman–Crippen MR) is 109 cm³/mol. The number of amides is 1. The second-order valence-electron chi connectivity index (χ2n) is 7.24. The molecule has 2 N–H and O–H groups in total. The highest BCUT2D eigenvalue weighted by atomic mass is 19.2. The summed E-state index contributed by atoms with van der Waals surface area (Å²) >= 11 is 0. The maximum Gasteiger partial charge on any atom is 0.273 e. The van der Waals surface area contributed by atoms with Crippen LogP contribution >= 0.6 is 0 Å². The summed E-state index contributed by atoms with van der Waals surface area (Å²) in [6.45, 7) is -0.0496. The molecular weight excluding hydrogens is 423 g/mol. The van der Waals surface area contributed by atoms with E-state index in [0.29, 0.717) is 30.1 Å². The smallest absolute Gasteiger partial charge is 0.273 e. The van der Waals surface area contributed by atoms with Gasteiger partial charge in [-0.05, 0) is 37.1 Å². The van der Waals surface area contributed by atoms with Crippen LogP contribution in [-0.4, -0.2) is 25.8 Å². The van der Waals surface area contributed by atoms with Crippen LogP contribution in [0.15, 0.2) is 41.1 Å². The number of carbonyl (C=O) groups excluding carboxylic acids is 1. The van der Waals surface area contributed by atoms with Crippen molar-refractivity contribution >= 4 is 16.9 Å². The molecule has 0 aliphatic carbocycles. The Balaban J connectivity index is 1.20. The lowest BCUT2D eigenvalue weighted by molar-refractivity contribution is 0.0945. The van der Waals surface area contributed by atoms with Crippen molar-refractivity contribution in [1.82, 2.24) is 25.3 Å². The van der Waals surface area contributed by atoms with Gasteiger partial charge in [0.15, 0.2) is 23.2 Å². The molecule has 0 atom stereocenters. The number of pyridine rings is 1. The third kappa shape index (κ3) is 4.96. The molecule has 0 fully saturated rings. The number of fused-ring (bicyclic) bond motifs is 1. The monoisotopic (exact) mass is 443 g/mol. The molecule has 0 bridgehead atoms. The summed E-state index contributed by atoms with van der Waals surface area (Å²) in [7, 11) is 0. The molecule has 0 saturated carbocycles. The fourth-order valence-electron chi connectivity index (χ4n) is 3.27. The number of benzene rings is 1. The Labute approximate surface area is 181 Å². The van der Waals surface area contributed by atoms with Gasteiger partial charge < -0.3 is 14.7 Å². The van der Waals surface area contributed by atoms with E-state index < -0.39 is 23.4 Å². The van der Waals surface area contributed by atoms with Crippen LogP contribution in [0, 0.1) is 17.5 Å². The first-order chi connectivity index (χ1) is 15.5. The lowest BCUT2D eigenvalue weighted by Gasteiger charge is -2.03. The largest absolute Gasteiger partial charge is 0.448 e.